The number of hydrogen-bond donors (Lipinski definition) is 4. The first kappa shape index (κ1) is 23.7. The zero-order valence-corrected chi connectivity index (χ0v) is 19.6. The maximum atomic E-state index is 12.6. The van der Waals surface area contributed by atoms with Gasteiger partial charge in [-0.3, -0.25) is 4.79 Å². The average molecular weight is 467 g/mol. The van der Waals surface area contributed by atoms with E-state index in [4.69, 9.17) is 9.47 Å². The summed E-state index contributed by atoms with van der Waals surface area (Å²) in [6.07, 6.45) is 0.719. The fourth-order valence-electron chi connectivity index (χ4n) is 8.47. The van der Waals surface area contributed by atoms with Gasteiger partial charge < -0.3 is 29.9 Å². The summed E-state index contributed by atoms with van der Waals surface area (Å²) in [7, 11) is 0. The Morgan fingerprint density at radius 3 is 2.45 bits per heavy atom. The molecule has 5 aliphatic rings. The largest absolute Gasteiger partial charge is 0.479 e. The molecule has 0 spiro atoms. The Morgan fingerprint density at radius 1 is 0.970 bits per heavy atom. The average Bonchev–Trinajstić information content (AvgIpc) is 3.08. The van der Waals surface area contributed by atoms with Crippen molar-refractivity contribution in [1.82, 2.24) is 0 Å². The summed E-state index contributed by atoms with van der Waals surface area (Å²) in [4.78, 5) is 24.0. The van der Waals surface area contributed by atoms with Gasteiger partial charge >= 0.3 is 5.97 Å². The summed E-state index contributed by atoms with van der Waals surface area (Å²) in [6, 6.07) is 0. The van der Waals surface area contributed by atoms with E-state index in [1.165, 1.54) is 0 Å². The molecule has 33 heavy (non-hydrogen) atoms. The van der Waals surface area contributed by atoms with Gasteiger partial charge in [-0.05, 0) is 80.5 Å². The van der Waals surface area contributed by atoms with Crippen molar-refractivity contribution in [3.8, 4) is 0 Å². The molecule has 4 aliphatic carbocycles. The second-order valence-electron chi connectivity index (χ2n) is 11.8. The highest BCUT2D eigenvalue weighted by molar-refractivity contribution is 5.87. The zero-order chi connectivity index (χ0) is 23.7. The first-order valence-electron chi connectivity index (χ1n) is 12.7. The smallest absolute Gasteiger partial charge is 0.335 e. The Bertz CT molecular complexity index is 801. The van der Waals surface area contributed by atoms with Gasteiger partial charge in [-0.25, -0.2) is 4.79 Å². The first-order valence-corrected chi connectivity index (χ1v) is 12.7. The van der Waals surface area contributed by atoms with Gasteiger partial charge in [-0.15, -0.1) is 0 Å². The fourth-order valence-corrected chi connectivity index (χ4v) is 8.47. The summed E-state index contributed by atoms with van der Waals surface area (Å²) < 4.78 is 11.4. The van der Waals surface area contributed by atoms with Crippen molar-refractivity contribution in [3.05, 3.63) is 0 Å². The van der Waals surface area contributed by atoms with E-state index in [1.807, 2.05) is 0 Å². The predicted octanol–water partition coefficient (Wildman–Crippen LogP) is 1.88. The van der Waals surface area contributed by atoms with E-state index < -0.39 is 36.7 Å². The molecule has 1 heterocycles. The van der Waals surface area contributed by atoms with Crippen LogP contribution in [0, 0.1) is 34.5 Å². The lowest BCUT2D eigenvalue weighted by molar-refractivity contribution is -0.309. The van der Waals surface area contributed by atoms with E-state index in [9.17, 15) is 30.0 Å². The van der Waals surface area contributed by atoms with Gasteiger partial charge in [0.1, 0.15) is 24.1 Å². The molecule has 12 atom stereocenters. The maximum Gasteiger partial charge on any atom is 0.335 e. The van der Waals surface area contributed by atoms with Crippen molar-refractivity contribution < 1.29 is 39.5 Å². The minimum Gasteiger partial charge on any atom is -0.479 e. The van der Waals surface area contributed by atoms with E-state index in [0.717, 1.165) is 57.8 Å². The van der Waals surface area contributed by atoms with Crippen LogP contribution in [0.3, 0.4) is 0 Å². The predicted molar refractivity (Wildman–Crippen MR) is 116 cm³/mol. The molecule has 8 nitrogen and oxygen atoms in total. The standard InChI is InChI=1S/C25H38O8/c1-24-9-7-13(32-23-20(29)18(27)19(28)21(33-23)22(30)31)11-12(24)3-4-14-15-5-6-17(26)25(15,2)10-8-16(14)24/h12-16,18-21,23,27-29H,3-11H2,1-2H3,(H,30,31)/t12-,13+,14-,15-,16-,18?,19-,20+,21?,23-,24-,25-/m0/s1. The lowest BCUT2D eigenvalue weighted by Gasteiger charge is -2.60. The van der Waals surface area contributed by atoms with Crippen LogP contribution in [0.4, 0.5) is 0 Å². The number of aliphatic hydroxyl groups is 3. The molecule has 2 unspecified atom stereocenters. The van der Waals surface area contributed by atoms with Crippen LogP contribution < -0.4 is 0 Å². The van der Waals surface area contributed by atoms with Gasteiger partial charge in [0, 0.05) is 11.8 Å². The molecular formula is C25H38O8. The summed E-state index contributed by atoms with van der Waals surface area (Å²) >= 11 is 0. The number of hydrogen-bond acceptors (Lipinski definition) is 7. The molecule has 0 aromatic rings. The number of carboxylic acid groups (broad SMARTS) is 1. The minimum absolute atomic E-state index is 0.120. The number of ether oxygens (including phenoxy) is 2. The molecule has 0 radical (unpaired) electrons. The molecular weight excluding hydrogens is 428 g/mol. The summed E-state index contributed by atoms with van der Waals surface area (Å²) in [5.41, 5.74) is 0.0757. The number of aliphatic carboxylic acids is 1. The highest BCUT2D eigenvalue weighted by atomic mass is 16.7. The van der Waals surface area contributed by atoms with E-state index in [1.54, 1.807) is 0 Å². The molecule has 4 saturated carbocycles. The number of fused-ring (bicyclic) bond motifs is 5. The SMILES string of the molecule is C[C@]12CC[C@@H](O[C@H]3OC(C(=O)O)[C@@H](O)C(O)[C@H]3O)C[C@@H]1CC[C@@H]1[C@@H]2CC[C@]2(C)C(=O)CC[C@@H]12. The van der Waals surface area contributed by atoms with E-state index in [-0.39, 0.29) is 16.9 Å². The van der Waals surface area contributed by atoms with Crippen molar-refractivity contribution in [3.63, 3.8) is 0 Å². The number of Topliss-reactive ketones (excluding diaryl/α,β-unsaturated/α-hetero) is 1. The quantitative estimate of drug-likeness (QED) is 0.463. The van der Waals surface area contributed by atoms with E-state index >= 15 is 0 Å². The fraction of sp³-hybridized carbons (Fsp3) is 0.920. The number of aliphatic hydroxyl groups excluding tert-OH is 3. The number of ketones is 1. The lowest BCUT2D eigenvalue weighted by Crippen LogP contribution is -2.61. The first-order chi connectivity index (χ1) is 15.6. The Morgan fingerprint density at radius 2 is 1.73 bits per heavy atom. The lowest BCUT2D eigenvalue weighted by atomic mass is 9.45. The topological polar surface area (TPSA) is 134 Å². The van der Waals surface area contributed by atoms with Crippen LogP contribution in [0.1, 0.15) is 71.6 Å². The molecule has 8 heteroatoms. The molecule has 5 fully saturated rings. The molecule has 0 aromatic heterocycles. The second kappa shape index (κ2) is 8.26. The van der Waals surface area contributed by atoms with Crippen LogP contribution in [-0.4, -0.2) is 69.0 Å². The van der Waals surface area contributed by atoms with Crippen LogP contribution in [0.2, 0.25) is 0 Å². The normalized spacial score (nSPS) is 54.3. The number of carbonyl (C=O) groups is 2. The number of carbonyl (C=O) groups excluding carboxylic acids is 1. The third kappa shape index (κ3) is 3.59. The Labute approximate surface area is 194 Å². The van der Waals surface area contributed by atoms with Crippen molar-refractivity contribution >= 4 is 11.8 Å². The van der Waals surface area contributed by atoms with Gasteiger partial charge in [0.05, 0.1) is 6.10 Å². The third-order valence-corrected chi connectivity index (χ3v) is 10.5. The van der Waals surface area contributed by atoms with E-state index in [0.29, 0.717) is 29.5 Å². The number of carboxylic acids is 1. The molecule has 0 aromatic carbocycles. The van der Waals surface area contributed by atoms with Gasteiger partial charge in [0.25, 0.3) is 0 Å². The Kier molecular flexibility index (Phi) is 5.93. The monoisotopic (exact) mass is 466 g/mol. The molecule has 186 valence electrons. The molecule has 4 N–H and O–H groups in total. The highest BCUT2D eigenvalue weighted by Gasteiger charge is 2.60. The third-order valence-electron chi connectivity index (χ3n) is 10.5. The van der Waals surface area contributed by atoms with E-state index in [2.05, 4.69) is 13.8 Å². The van der Waals surface area contributed by atoms with Gasteiger partial charge in [-0.1, -0.05) is 13.8 Å². The van der Waals surface area contributed by atoms with Crippen molar-refractivity contribution in [2.45, 2.75) is 108 Å². The minimum atomic E-state index is -1.71. The molecule has 1 aliphatic heterocycles. The summed E-state index contributed by atoms with van der Waals surface area (Å²) in [5.74, 6) is 1.28. The Hall–Kier alpha value is -1.06. The molecule has 1 saturated heterocycles. The van der Waals surface area contributed by atoms with Crippen LogP contribution in [0.15, 0.2) is 0 Å². The molecule has 0 amide bonds. The molecule has 5 rings (SSSR count). The van der Waals surface area contributed by atoms with Crippen molar-refractivity contribution in [2.24, 2.45) is 34.5 Å². The molecule has 0 bridgehead atoms. The highest BCUT2D eigenvalue weighted by Crippen LogP contribution is 2.65. The summed E-state index contributed by atoms with van der Waals surface area (Å²) in [5, 5.41) is 39.6. The van der Waals surface area contributed by atoms with Crippen LogP contribution in [-0.2, 0) is 19.1 Å². The zero-order valence-electron chi connectivity index (χ0n) is 19.6. The van der Waals surface area contributed by atoms with Gasteiger partial charge in [0.15, 0.2) is 12.4 Å². The number of rotatable bonds is 3. The summed E-state index contributed by atoms with van der Waals surface area (Å²) in [6.45, 7) is 4.62. The van der Waals surface area contributed by atoms with Gasteiger partial charge in [0.2, 0.25) is 0 Å². The maximum absolute atomic E-state index is 12.6. The Balaban J connectivity index is 1.26. The van der Waals surface area contributed by atoms with Crippen molar-refractivity contribution in [1.29, 1.82) is 0 Å². The van der Waals surface area contributed by atoms with Crippen LogP contribution in [0.25, 0.3) is 0 Å². The van der Waals surface area contributed by atoms with Crippen LogP contribution in [0.5, 0.6) is 0 Å². The van der Waals surface area contributed by atoms with Crippen LogP contribution >= 0.6 is 0 Å². The second-order valence-corrected chi connectivity index (χ2v) is 11.8. The van der Waals surface area contributed by atoms with Crippen molar-refractivity contribution in [2.75, 3.05) is 0 Å². The van der Waals surface area contributed by atoms with Gasteiger partial charge in [-0.2, -0.15) is 0 Å².